The minimum atomic E-state index is -0.331. The molecule has 1 atom stereocenters. The maximum Gasteiger partial charge on any atom is 0.251 e. The SMILES string of the molecule is CC(C)NC(=O)c1ccc(OC[C@H]2CCCN2C(=O)Cc2cccc(F)c2)cc1. The Bertz CT molecular complexity index is 851. The Morgan fingerprint density at radius 1 is 1.21 bits per heavy atom. The molecule has 0 bridgehead atoms. The number of carbonyl (C=O) groups is 2. The third-order valence-corrected chi connectivity index (χ3v) is 4.92. The molecular formula is C23H27FN2O3. The number of hydrogen-bond acceptors (Lipinski definition) is 3. The molecule has 0 spiro atoms. The van der Waals surface area contributed by atoms with Gasteiger partial charge in [-0.05, 0) is 68.7 Å². The van der Waals surface area contributed by atoms with Gasteiger partial charge in [0.25, 0.3) is 5.91 Å². The van der Waals surface area contributed by atoms with Gasteiger partial charge in [-0.15, -0.1) is 0 Å². The molecule has 5 nitrogen and oxygen atoms in total. The van der Waals surface area contributed by atoms with E-state index in [0.29, 0.717) is 30.0 Å². The Labute approximate surface area is 170 Å². The number of rotatable bonds is 7. The second-order valence-electron chi connectivity index (χ2n) is 7.65. The molecule has 2 aromatic carbocycles. The van der Waals surface area contributed by atoms with E-state index in [9.17, 15) is 14.0 Å². The zero-order chi connectivity index (χ0) is 20.8. The van der Waals surface area contributed by atoms with E-state index in [4.69, 9.17) is 4.74 Å². The predicted octanol–water partition coefficient (Wildman–Crippen LogP) is 3.58. The Hall–Kier alpha value is -2.89. The van der Waals surface area contributed by atoms with Crippen molar-refractivity contribution in [3.8, 4) is 5.75 Å². The monoisotopic (exact) mass is 398 g/mol. The van der Waals surface area contributed by atoms with E-state index < -0.39 is 0 Å². The summed E-state index contributed by atoms with van der Waals surface area (Å²) in [5, 5.41) is 2.85. The fourth-order valence-electron chi connectivity index (χ4n) is 3.50. The average molecular weight is 398 g/mol. The standard InChI is InChI=1S/C23H27FN2O3/c1-16(2)25-23(28)18-8-10-21(11-9-18)29-15-20-7-4-12-26(20)22(27)14-17-5-3-6-19(24)13-17/h3,5-6,8-11,13,16,20H,4,7,12,14-15H2,1-2H3,(H,25,28)/t20-/m1/s1. The van der Waals surface area contributed by atoms with Gasteiger partial charge in [-0.1, -0.05) is 12.1 Å². The molecule has 1 N–H and O–H groups in total. The molecule has 154 valence electrons. The quantitative estimate of drug-likeness (QED) is 0.776. The third-order valence-electron chi connectivity index (χ3n) is 4.92. The predicted molar refractivity (Wildman–Crippen MR) is 109 cm³/mol. The summed E-state index contributed by atoms with van der Waals surface area (Å²) in [6.45, 7) is 4.92. The molecule has 2 amide bonds. The number of benzene rings is 2. The molecule has 3 rings (SSSR count). The van der Waals surface area contributed by atoms with Gasteiger partial charge in [0, 0.05) is 18.2 Å². The van der Waals surface area contributed by atoms with Gasteiger partial charge < -0.3 is 15.0 Å². The summed E-state index contributed by atoms with van der Waals surface area (Å²) in [6.07, 6.45) is 1.99. The van der Waals surface area contributed by atoms with Gasteiger partial charge in [-0.2, -0.15) is 0 Å². The number of carbonyl (C=O) groups excluding carboxylic acids is 2. The van der Waals surface area contributed by atoms with Crippen LogP contribution in [0.5, 0.6) is 5.75 Å². The number of amides is 2. The van der Waals surface area contributed by atoms with E-state index in [1.54, 1.807) is 36.4 Å². The summed E-state index contributed by atoms with van der Waals surface area (Å²) in [5.74, 6) is 0.205. The number of nitrogens with one attached hydrogen (secondary N) is 1. The van der Waals surface area contributed by atoms with Crippen molar-refractivity contribution in [1.82, 2.24) is 10.2 Å². The lowest BCUT2D eigenvalue weighted by Crippen LogP contribution is -2.39. The maximum atomic E-state index is 13.4. The summed E-state index contributed by atoms with van der Waals surface area (Å²) >= 11 is 0. The Balaban J connectivity index is 1.54. The number of nitrogens with zero attached hydrogens (tertiary/aromatic N) is 1. The fourth-order valence-corrected chi connectivity index (χ4v) is 3.50. The van der Waals surface area contributed by atoms with E-state index in [-0.39, 0.29) is 36.1 Å². The van der Waals surface area contributed by atoms with Crippen molar-refractivity contribution in [3.63, 3.8) is 0 Å². The number of ether oxygens (including phenoxy) is 1. The zero-order valence-electron chi connectivity index (χ0n) is 16.9. The van der Waals surface area contributed by atoms with Crippen LogP contribution in [0.25, 0.3) is 0 Å². The summed E-state index contributed by atoms with van der Waals surface area (Å²) in [4.78, 5) is 26.5. The summed E-state index contributed by atoms with van der Waals surface area (Å²) < 4.78 is 19.2. The van der Waals surface area contributed by atoms with Gasteiger partial charge in [0.05, 0.1) is 12.5 Å². The molecule has 2 aromatic rings. The molecule has 0 aromatic heterocycles. The van der Waals surface area contributed by atoms with Gasteiger partial charge >= 0.3 is 0 Å². The van der Waals surface area contributed by atoms with Gasteiger partial charge in [-0.25, -0.2) is 4.39 Å². The lowest BCUT2D eigenvalue weighted by Gasteiger charge is -2.25. The van der Waals surface area contributed by atoms with Crippen LogP contribution >= 0.6 is 0 Å². The van der Waals surface area contributed by atoms with Crippen molar-refractivity contribution in [2.24, 2.45) is 0 Å². The zero-order valence-corrected chi connectivity index (χ0v) is 16.9. The summed E-state index contributed by atoms with van der Waals surface area (Å²) in [6, 6.07) is 13.2. The van der Waals surface area contributed by atoms with E-state index in [1.165, 1.54) is 12.1 Å². The topological polar surface area (TPSA) is 58.6 Å². The van der Waals surface area contributed by atoms with Crippen LogP contribution in [0.4, 0.5) is 4.39 Å². The Kier molecular flexibility index (Phi) is 6.86. The molecule has 1 fully saturated rings. The first-order chi connectivity index (χ1) is 13.9. The van der Waals surface area contributed by atoms with Crippen molar-refractivity contribution >= 4 is 11.8 Å². The largest absolute Gasteiger partial charge is 0.491 e. The highest BCUT2D eigenvalue weighted by atomic mass is 19.1. The van der Waals surface area contributed by atoms with Gasteiger partial charge in [-0.3, -0.25) is 9.59 Å². The summed E-state index contributed by atoms with van der Waals surface area (Å²) in [5.41, 5.74) is 1.26. The molecule has 0 unspecified atom stereocenters. The van der Waals surface area contributed by atoms with Crippen LogP contribution in [0.15, 0.2) is 48.5 Å². The fraction of sp³-hybridized carbons (Fsp3) is 0.391. The molecule has 1 aliphatic rings. The lowest BCUT2D eigenvalue weighted by atomic mass is 10.1. The molecule has 0 saturated carbocycles. The smallest absolute Gasteiger partial charge is 0.251 e. The first-order valence-electron chi connectivity index (χ1n) is 10.00. The number of halogens is 1. The number of hydrogen-bond donors (Lipinski definition) is 1. The van der Waals surface area contributed by atoms with E-state index in [0.717, 1.165) is 12.8 Å². The van der Waals surface area contributed by atoms with Crippen LogP contribution in [0.2, 0.25) is 0 Å². The second-order valence-corrected chi connectivity index (χ2v) is 7.65. The van der Waals surface area contributed by atoms with Crippen molar-refractivity contribution < 1.29 is 18.7 Å². The normalized spacial score (nSPS) is 16.1. The van der Waals surface area contributed by atoms with E-state index in [2.05, 4.69) is 5.32 Å². The van der Waals surface area contributed by atoms with Gasteiger partial charge in [0.2, 0.25) is 5.91 Å². The van der Waals surface area contributed by atoms with Crippen LogP contribution in [0.3, 0.4) is 0 Å². The Morgan fingerprint density at radius 2 is 1.97 bits per heavy atom. The number of likely N-dealkylation sites (tertiary alicyclic amines) is 1. The molecule has 1 heterocycles. The highest BCUT2D eigenvalue weighted by Crippen LogP contribution is 2.21. The van der Waals surface area contributed by atoms with Crippen LogP contribution in [0, 0.1) is 5.82 Å². The van der Waals surface area contributed by atoms with E-state index in [1.807, 2.05) is 18.7 Å². The van der Waals surface area contributed by atoms with Gasteiger partial charge in [0.15, 0.2) is 0 Å². The van der Waals surface area contributed by atoms with Crippen molar-refractivity contribution in [2.75, 3.05) is 13.2 Å². The second kappa shape index (κ2) is 9.54. The molecule has 6 heteroatoms. The van der Waals surface area contributed by atoms with Crippen LogP contribution in [-0.2, 0) is 11.2 Å². The van der Waals surface area contributed by atoms with Crippen molar-refractivity contribution in [2.45, 2.75) is 45.2 Å². The third kappa shape index (κ3) is 5.79. The van der Waals surface area contributed by atoms with Gasteiger partial charge in [0.1, 0.15) is 18.2 Å². The van der Waals surface area contributed by atoms with Crippen molar-refractivity contribution in [3.05, 3.63) is 65.5 Å². The first kappa shape index (κ1) is 20.8. The average Bonchev–Trinajstić information content (AvgIpc) is 3.15. The minimum Gasteiger partial charge on any atom is -0.491 e. The highest BCUT2D eigenvalue weighted by molar-refractivity contribution is 5.94. The molecule has 0 radical (unpaired) electrons. The molecule has 1 saturated heterocycles. The molecular weight excluding hydrogens is 371 g/mol. The van der Waals surface area contributed by atoms with Crippen molar-refractivity contribution in [1.29, 1.82) is 0 Å². The van der Waals surface area contributed by atoms with E-state index >= 15 is 0 Å². The highest BCUT2D eigenvalue weighted by Gasteiger charge is 2.29. The minimum absolute atomic E-state index is 0.0000229. The first-order valence-corrected chi connectivity index (χ1v) is 10.00. The summed E-state index contributed by atoms with van der Waals surface area (Å²) in [7, 11) is 0. The lowest BCUT2D eigenvalue weighted by molar-refractivity contribution is -0.131. The molecule has 1 aliphatic heterocycles. The molecule has 29 heavy (non-hydrogen) atoms. The van der Waals surface area contributed by atoms with Crippen LogP contribution in [-0.4, -0.2) is 41.9 Å². The van der Waals surface area contributed by atoms with Crippen LogP contribution < -0.4 is 10.1 Å². The Morgan fingerprint density at radius 3 is 2.66 bits per heavy atom. The maximum absolute atomic E-state index is 13.4. The van der Waals surface area contributed by atoms with Crippen LogP contribution in [0.1, 0.15) is 42.6 Å². The molecule has 0 aliphatic carbocycles.